The number of hydrogen-bond acceptors (Lipinski definition) is 6. The van der Waals surface area contributed by atoms with Crippen LogP contribution in [0.25, 0.3) is 0 Å². The number of rotatable bonds is 6. The van der Waals surface area contributed by atoms with E-state index >= 15 is 0 Å². The van der Waals surface area contributed by atoms with E-state index in [0.29, 0.717) is 11.6 Å². The Hall–Kier alpha value is -1.92. The van der Waals surface area contributed by atoms with E-state index in [4.69, 9.17) is 4.74 Å². The lowest BCUT2D eigenvalue weighted by molar-refractivity contribution is -0.387. The van der Waals surface area contributed by atoms with E-state index < -0.39 is 4.92 Å². The van der Waals surface area contributed by atoms with Crippen LogP contribution in [0.4, 0.5) is 11.6 Å². The van der Waals surface area contributed by atoms with Gasteiger partial charge in [0.2, 0.25) is 5.95 Å². The first-order valence-electron chi connectivity index (χ1n) is 7.05. The van der Waals surface area contributed by atoms with Crippen LogP contribution in [0.5, 0.6) is 5.88 Å². The predicted molar refractivity (Wildman–Crippen MR) is 75.1 cm³/mol. The van der Waals surface area contributed by atoms with Crippen molar-refractivity contribution in [1.29, 1.82) is 0 Å². The summed E-state index contributed by atoms with van der Waals surface area (Å²) in [6.07, 6.45) is 5.02. The largest absolute Gasteiger partial charge is 0.469 e. The van der Waals surface area contributed by atoms with Crippen LogP contribution < -0.4 is 10.1 Å². The number of ether oxygens (including phenoxy) is 1. The quantitative estimate of drug-likeness (QED) is 0.636. The molecule has 1 aromatic heterocycles. The summed E-state index contributed by atoms with van der Waals surface area (Å²) in [5.41, 5.74) is 0.204. The highest BCUT2D eigenvalue weighted by atomic mass is 16.6. The Morgan fingerprint density at radius 3 is 2.70 bits per heavy atom. The molecule has 1 aliphatic carbocycles. The molecular formula is C13H20N4O3. The van der Waals surface area contributed by atoms with Gasteiger partial charge in [0.25, 0.3) is 5.88 Å². The van der Waals surface area contributed by atoms with Crippen molar-refractivity contribution in [1.82, 2.24) is 9.97 Å². The molecule has 0 bridgehead atoms. The van der Waals surface area contributed by atoms with Gasteiger partial charge in [-0.2, -0.15) is 4.98 Å². The monoisotopic (exact) mass is 280 g/mol. The van der Waals surface area contributed by atoms with Crippen LogP contribution in [0.1, 0.15) is 44.7 Å². The second kappa shape index (κ2) is 6.49. The van der Waals surface area contributed by atoms with Crippen molar-refractivity contribution in [3.8, 4) is 5.88 Å². The maximum absolute atomic E-state index is 11.2. The molecule has 2 rings (SSSR count). The minimum Gasteiger partial charge on any atom is -0.469 e. The summed E-state index contributed by atoms with van der Waals surface area (Å²) in [6, 6.07) is 0. The van der Waals surface area contributed by atoms with E-state index in [9.17, 15) is 10.1 Å². The van der Waals surface area contributed by atoms with Crippen LogP contribution in [-0.4, -0.2) is 27.5 Å². The molecule has 20 heavy (non-hydrogen) atoms. The Kier molecular flexibility index (Phi) is 4.70. The molecule has 7 nitrogen and oxygen atoms in total. The summed E-state index contributed by atoms with van der Waals surface area (Å²) in [5.74, 6) is 0.482. The molecule has 1 heterocycles. The summed E-state index contributed by atoms with van der Waals surface area (Å²) in [4.78, 5) is 19.0. The molecule has 0 spiro atoms. The van der Waals surface area contributed by atoms with E-state index in [1.54, 1.807) is 6.92 Å². The van der Waals surface area contributed by atoms with E-state index in [1.165, 1.54) is 0 Å². The zero-order chi connectivity index (χ0) is 14.5. The maximum Gasteiger partial charge on any atom is 0.352 e. The molecule has 110 valence electrons. The molecule has 0 amide bonds. The molecule has 1 aliphatic rings. The molecule has 0 atom stereocenters. The normalized spacial score (nSPS) is 15.3. The third-order valence-electron chi connectivity index (χ3n) is 3.32. The number of nitro groups is 1. The van der Waals surface area contributed by atoms with E-state index in [2.05, 4.69) is 15.3 Å². The predicted octanol–water partition coefficient (Wildman–Crippen LogP) is 2.84. The van der Waals surface area contributed by atoms with Gasteiger partial charge >= 0.3 is 5.69 Å². The Morgan fingerprint density at radius 1 is 1.40 bits per heavy atom. The zero-order valence-corrected chi connectivity index (χ0v) is 11.9. The van der Waals surface area contributed by atoms with Crippen LogP contribution in [0, 0.1) is 17.0 Å². The molecule has 0 radical (unpaired) electrons. The second-order valence-corrected chi connectivity index (χ2v) is 4.99. The van der Waals surface area contributed by atoms with Gasteiger partial charge in [-0.3, -0.25) is 10.1 Å². The number of anilines is 1. The van der Waals surface area contributed by atoms with Crippen LogP contribution in [0.3, 0.4) is 0 Å². The standard InChI is InChI=1S/C13H20N4O3/c1-3-8-14-13-15-9(2)11(17(18)19)12(16-13)20-10-6-4-5-7-10/h10H,3-8H2,1-2H3,(H,14,15,16). The highest BCUT2D eigenvalue weighted by Crippen LogP contribution is 2.32. The first-order valence-corrected chi connectivity index (χ1v) is 7.05. The number of hydrogen-bond donors (Lipinski definition) is 1. The Balaban J connectivity index is 2.27. The van der Waals surface area contributed by atoms with Crippen LogP contribution in [0.2, 0.25) is 0 Å². The van der Waals surface area contributed by atoms with Gasteiger partial charge in [0.1, 0.15) is 11.8 Å². The summed E-state index contributed by atoms with van der Waals surface area (Å²) in [6.45, 7) is 4.36. The molecule has 0 unspecified atom stereocenters. The second-order valence-electron chi connectivity index (χ2n) is 4.99. The van der Waals surface area contributed by atoms with Gasteiger partial charge in [0, 0.05) is 6.54 Å². The molecule has 0 aliphatic heterocycles. The van der Waals surface area contributed by atoms with Crippen LogP contribution in [-0.2, 0) is 0 Å². The molecule has 1 aromatic rings. The highest BCUT2D eigenvalue weighted by Gasteiger charge is 2.27. The minimum absolute atomic E-state index is 0.0297. The van der Waals surface area contributed by atoms with Gasteiger partial charge in [-0.15, -0.1) is 0 Å². The molecule has 0 aromatic carbocycles. The van der Waals surface area contributed by atoms with E-state index in [1.807, 2.05) is 6.92 Å². The summed E-state index contributed by atoms with van der Waals surface area (Å²) < 4.78 is 5.74. The van der Waals surface area contributed by atoms with Crippen molar-refractivity contribution >= 4 is 11.6 Å². The lowest BCUT2D eigenvalue weighted by atomic mass is 10.3. The van der Waals surface area contributed by atoms with Gasteiger partial charge in [0.15, 0.2) is 0 Å². The van der Waals surface area contributed by atoms with Crippen molar-refractivity contribution in [2.75, 3.05) is 11.9 Å². The number of nitrogens with zero attached hydrogens (tertiary/aromatic N) is 3. The lowest BCUT2D eigenvalue weighted by Gasteiger charge is -2.14. The molecule has 7 heteroatoms. The van der Waals surface area contributed by atoms with Gasteiger partial charge in [-0.25, -0.2) is 4.98 Å². The van der Waals surface area contributed by atoms with Gasteiger partial charge in [-0.1, -0.05) is 6.92 Å². The number of nitrogens with one attached hydrogen (secondary N) is 1. The minimum atomic E-state index is -0.469. The fourth-order valence-corrected chi connectivity index (χ4v) is 2.31. The van der Waals surface area contributed by atoms with E-state index in [0.717, 1.165) is 38.6 Å². The third-order valence-corrected chi connectivity index (χ3v) is 3.32. The first-order chi connectivity index (χ1) is 9.61. The highest BCUT2D eigenvalue weighted by molar-refractivity contribution is 5.48. The van der Waals surface area contributed by atoms with Crippen molar-refractivity contribution in [3.63, 3.8) is 0 Å². The zero-order valence-electron chi connectivity index (χ0n) is 11.9. The topological polar surface area (TPSA) is 90.2 Å². The Bertz CT molecular complexity index is 487. The molecule has 0 saturated heterocycles. The Morgan fingerprint density at radius 2 is 2.10 bits per heavy atom. The summed E-state index contributed by atoms with van der Waals surface area (Å²) >= 11 is 0. The fraction of sp³-hybridized carbons (Fsp3) is 0.692. The van der Waals surface area contributed by atoms with Crippen molar-refractivity contribution in [2.24, 2.45) is 0 Å². The molecule has 1 saturated carbocycles. The van der Waals surface area contributed by atoms with Crippen molar-refractivity contribution < 1.29 is 9.66 Å². The van der Waals surface area contributed by atoms with E-state index in [-0.39, 0.29) is 17.7 Å². The molecule has 1 fully saturated rings. The van der Waals surface area contributed by atoms with Crippen LogP contribution >= 0.6 is 0 Å². The average molecular weight is 280 g/mol. The molecular weight excluding hydrogens is 260 g/mol. The fourth-order valence-electron chi connectivity index (χ4n) is 2.31. The Labute approximate surface area is 117 Å². The lowest BCUT2D eigenvalue weighted by Crippen LogP contribution is -2.15. The van der Waals surface area contributed by atoms with Crippen LogP contribution in [0.15, 0.2) is 0 Å². The summed E-state index contributed by atoms with van der Waals surface area (Å²) in [5, 5.41) is 14.2. The number of aromatic nitrogens is 2. The first kappa shape index (κ1) is 14.5. The maximum atomic E-state index is 11.2. The SMILES string of the molecule is CCCNc1nc(C)c([N+](=O)[O-])c(OC2CCCC2)n1. The van der Waals surface area contributed by atoms with Crippen molar-refractivity contribution in [3.05, 3.63) is 15.8 Å². The number of aryl methyl sites for hydroxylation is 1. The molecule has 1 N–H and O–H groups in total. The smallest absolute Gasteiger partial charge is 0.352 e. The third kappa shape index (κ3) is 3.34. The van der Waals surface area contributed by atoms with Gasteiger partial charge in [0.05, 0.1) is 4.92 Å². The average Bonchev–Trinajstić information content (AvgIpc) is 2.88. The van der Waals surface area contributed by atoms with Crippen molar-refractivity contribution in [2.45, 2.75) is 52.1 Å². The van der Waals surface area contributed by atoms with Gasteiger partial charge < -0.3 is 10.1 Å². The summed E-state index contributed by atoms with van der Waals surface area (Å²) in [7, 11) is 0. The van der Waals surface area contributed by atoms with Gasteiger partial charge in [-0.05, 0) is 39.0 Å².